The van der Waals surface area contributed by atoms with E-state index in [0.29, 0.717) is 11.5 Å². The van der Waals surface area contributed by atoms with E-state index in [0.717, 1.165) is 25.7 Å². The molecule has 2 unspecified atom stereocenters. The van der Waals surface area contributed by atoms with Crippen LogP contribution in [0.15, 0.2) is 23.1 Å². The van der Waals surface area contributed by atoms with Gasteiger partial charge in [-0.3, -0.25) is 0 Å². The zero-order valence-corrected chi connectivity index (χ0v) is 13.7. The molecule has 116 valence electrons. The predicted octanol–water partition coefficient (Wildman–Crippen LogP) is 3.66. The van der Waals surface area contributed by atoms with Crippen LogP contribution in [0, 0.1) is 12.8 Å². The quantitative estimate of drug-likeness (QED) is 0.627. The van der Waals surface area contributed by atoms with Crippen molar-refractivity contribution in [2.75, 3.05) is 0 Å². The molecule has 6 heteroatoms. The molecule has 0 spiro atoms. The smallest absolute Gasteiger partial charge is 0.338 e. The number of hydrogen-bond donors (Lipinski definition) is 0. The minimum absolute atomic E-state index is 0.0848. The van der Waals surface area contributed by atoms with Crippen molar-refractivity contribution in [2.45, 2.75) is 50.5 Å². The average Bonchev–Trinajstić information content (AvgIpc) is 2.40. The second kappa shape index (κ2) is 6.36. The summed E-state index contributed by atoms with van der Waals surface area (Å²) in [4.78, 5) is 12.2. The van der Waals surface area contributed by atoms with Crippen molar-refractivity contribution in [1.29, 1.82) is 0 Å². The molecule has 0 heterocycles. The van der Waals surface area contributed by atoms with Gasteiger partial charge in [-0.1, -0.05) is 19.4 Å². The third-order valence-electron chi connectivity index (χ3n) is 4.00. The fourth-order valence-corrected chi connectivity index (χ4v) is 3.41. The Hall–Kier alpha value is -1.07. The first-order chi connectivity index (χ1) is 9.79. The highest BCUT2D eigenvalue weighted by atomic mass is 35.7. The van der Waals surface area contributed by atoms with Crippen molar-refractivity contribution < 1.29 is 17.9 Å². The van der Waals surface area contributed by atoms with Crippen molar-refractivity contribution in [3.05, 3.63) is 29.3 Å². The molecule has 1 aliphatic rings. The van der Waals surface area contributed by atoms with Crippen molar-refractivity contribution in [3.63, 3.8) is 0 Å². The summed E-state index contributed by atoms with van der Waals surface area (Å²) in [6.45, 7) is 3.81. The number of halogens is 1. The Morgan fingerprint density at radius 1 is 1.29 bits per heavy atom. The largest absolute Gasteiger partial charge is 0.458 e. The monoisotopic (exact) mass is 330 g/mol. The highest BCUT2D eigenvalue weighted by Gasteiger charge is 2.26. The lowest BCUT2D eigenvalue weighted by atomic mass is 9.88. The molecule has 0 radical (unpaired) electrons. The number of carbonyl (C=O) groups is 1. The Kier molecular flexibility index (Phi) is 4.94. The maximum atomic E-state index is 12.3. The Labute approximate surface area is 129 Å². The van der Waals surface area contributed by atoms with Gasteiger partial charge in [-0.25, -0.2) is 13.2 Å². The van der Waals surface area contributed by atoms with Crippen LogP contribution >= 0.6 is 10.7 Å². The van der Waals surface area contributed by atoms with E-state index < -0.39 is 15.0 Å². The molecule has 0 amide bonds. The Bertz CT molecular complexity index is 639. The van der Waals surface area contributed by atoms with Crippen molar-refractivity contribution in [3.8, 4) is 0 Å². The zero-order valence-electron chi connectivity index (χ0n) is 12.1. The third-order valence-corrected chi connectivity index (χ3v) is 5.35. The molecule has 1 fully saturated rings. The van der Waals surface area contributed by atoms with E-state index in [1.54, 1.807) is 13.0 Å². The predicted molar refractivity (Wildman–Crippen MR) is 81.1 cm³/mol. The minimum atomic E-state index is -3.86. The lowest BCUT2D eigenvalue weighted by Gasteiger charge is -2.28. The van der Waals surface area contributed by atoms with Crippen LogP contribution in [-0.4, -0.2) is 20.5 Å². The maximum absolute atomic E-state index is 12.3. The number of rotatable bonds is 3. The minimum Gasteiger partial charge on any atom is -0.458 e. The fourth-order valence-electron chi connectivity index (χ4n) is 2.63. The van der Waals surface area contributed by atoms with Gasteiger partial charge in [-0.2, -0.15) is 0 Å². The normalized spacial score (nSPS) is 22.8. The first kappa shape index (κ1) is 16.3. The summed E-state index contributed by atoms with van der Waals surface area (Å²) in [7, 11) is 1.47. The lowest BCUT2D eigenvalue weighted by Crippen LogP contribution is -2.28. The van der Waals surface area contributed by atoms with Gasteiger partial charge < -0.3 is 4.74 Å². The van der Waals surface area contributed by atoms with Crippen LogP contribution in [-0.2, 0) is 13.8 Å². The van der Waals surface area contributed by atoms with Crippen molar-refractivity contribution in [2.24, 2.45) is 5.92 Å². The summed E-state index contributed by atoms with van der Waals surface area (Å²) in [5.41, 5.74) is 0.932. The summed E-state index contributed by atoms with van der Waals surface area (Å²) >= 11 is 0. The first-order valence-corrected chi connectivity index (χ1v) is 9.36. The lowest BCUT2D eigenvalue weighted by molar-refractivity contribution is 0.00471. The molecular formula is C15H19ClO4S. The van der Waals surface area contributed by atoms with Crippen LogP contribution in [0.4, 0.5) is 0 Å². The van der Waals surface area contributed by atoms with Crippen LogP contribution in [0.3, 0.4) is 0 Å². The molecule has 2 atom stereocenters. The van der Waals surface area contributed by atoms with Gasteiger partial charge in [0.25, 0.3) is 9.05 Å². The van der Waals surface area contributed by atoms with Crippen LogP contribution in [0.2, 0.25) is 0 Å². The zero-order chi connectivity index (χ0) is 15.6. The number of hydrogen-bond acceptors (Lipinski definition) is 4. The van der Waals surface area contributed by atoms with E-state index in [-0.39, 0.29) is 16.6 Å². The molecule has 21 heavy (non-hydrogen) atoms. The SMILES string of the molecule is Cc1ccc(S(=O)(=O)Cl)cc1C(=O)OC1CCCCC1C. The second-order valence-electron chi connectivity index (χ2n) is 5.62. The molecule has 0 saturated heterocycles. The molecular weight excluding hydrogens is 312 g/mol. The van der Waals surface area contributed by atoms with E-state index in [1.807, 2.05) is 0 Å². The molecule has 0 bridgehead atoms. The van der Waals surface area contributed by atoms with Gasteiger partial charge in [0, 0.05) is 10.7 Å². The van der Waals surface area contributed by atoms with E-state index in [4.69, 9.17) is 15.4 Å². The Balaban J connectivity index is 2.22. The molecule has 1 aromatic rings. The topological polar surface area (TPSA) is 60.4 Å². The molecule has 0 N–H and O–H groups in total. The molecule has 1 saturated carbocycles. The molecule has 0 aliphatic heterocycles. The first-order valence-electron chi connectivity index (χ1n) is 7.05. The summed E-state index contributed by atoms with van der Waals surface area (Å²) in [6, 6.07) is 4.24. The highest BCUT2D eigenvalue weighted by molar-refractivity contribution is 8.13. The third kappa shape index (κ3) is 3.98. The van der Waals surface area contributed by atoms with Gasteiger partial charge in [-0.05, 0) is 49.8 Å². The number of esters is 1. The Morgan fingerprint density at radius 2 is 1.95 bits per heavy atom. The number of ether oxygens (including phenoxy) is 1. The van der Waals surface area contributed by atoms with Crippen LogP contribution < -0.4 is 0 Å². The number of benzene rings is 1. The van der Waals surface area contributed by atoms with Gasteiger partial charge in [0.05, 0.1) is 10.5 Å². The number of aryl methyl sites for hydroxylation is 1. The summed E-state index contributed by atoms with van der Waals surface area (Å²) in [5, 5.41) is 0. The van der Waals surface area contributed by atoms with Crippen LogP contribution in [0.25, 0.3) is 0 Å². The van der Waals surface area contributed by atoms with E-state index in [1.165, 1.54) is 12.1 Å². The van der Waals surface area contributed by atoms with Gasteiger partial charge in [-0.15, -0.1) is 0 Å². The van der Waals surface area contributed by atoms with Gasteiger partial charge >= 0.3 is 5.97 Å². The fraction of sp³-hybridized carbons (Fsp3) is 0.533. The van der Waals surface area contributed by atoms with E-state index in [2.05, 4.69) is 6.92 Å². The summed E-state index contributed by atoms with van der Waals surface area (Å²) in [5.74, 6) is -0.142. The number of carbonyl (C=O) groups excluding carboxylic acids is 1. The van der Waals surface area contributed by atoms with Gasteiger partial charge in [0.2, 0.25) is 0 Å². The van der Waals surface area contributed by atoms with E-state index in [9.17, 15) is 13.2 Å². The molecule has 1 aliphatic carbocycles. The van der Waals surface area contributed by atoms with Gasteiger partial charge in [0.1, 0.15) is 6.10 Å². The van der Waals surface area contributed by atoms with Gasteiger partial charge in [0.15, 0.2) is 0 Å². The molecule has 0 aromatic heterocycles. The maximum Gasteiger partial charge on any atom is 0.338 e. The molecule has 4 nitrogen and oxygen atoms in total. The van der Waals surface area contributed by atoms with Crippen molar-refractivity contribution >= 4 is 25.7 Å². The van der Waals surface area contributed by atoms with Crippen molar-refractivity contribution in [1.82, 2.24) is 0 Å². The van der Waals surface area contributed by atoms with Crippen LogP contribution in [0.1, 0.15) is 48.5 Å². The summed E-state index contributed by atoms with van der Waals surface area (Å²) < 4.78 is 28.3. The second-order valence-corrected chi connectivity index (χ2v) is 8.19. The highest BCUT2D eigenvalue weighted by Crippen LogP contribution is 2.28. The Morgan fingerprint density at radius 3 is 2.57 bits per heavy atom. The average molecular weight is 331 g/mol. The summed E-state index contributed by atoms with van der Waals surface area (Å²) in [6.07, 6.45) is 4.03. The van der Waals surface area contributed by atoms with Crippen LogP contribution in [0.5, 0.6) is 0 Å². The molecule has 2 rings (SSSR count). The molecule has 1 aromatic carbocycles. The van der Waals surface area contributed by atoms with E-state index >= 15 is 0 Å². The standard InChI is InChI=1S/C15H19ClO4S/c1-10-7-8-12(21(16,18)19)9-13(10)15(17)20-14-6-4-3-5-11(14)2/h7-9,11,14H,3-6H2,1-2H3.